The van der Waals surface area contributed by atoms with E-state index < -0.39 is 0 Å². The SMILES string of the molecule is COC(=O)CC(C)CC(=O)OCCC#N. The highest BCUT2D eigenvalue weighted by Crippen LogP contribution is 2.09. The molecule has 0 aliphatic carbocycles. The molecule has 0 heterocycles. The van der Waals surface area contributed by atoms with Gasteiger partial charge in [0.25, 0.3) is 0 Å². The standard InChI is InChI=1S/C10H15NO4/c1-8(6-9(12)14-2)7-10(13)15-5-3-4-11/h8H,3,5-7H2,1-2H3. The van der Waals surface area contributed by atoms with Gasteiger partial charge in [0.05, 0.1) is 19.6 Å². The summed E-state index contributed by atoms with van der Waals surface area (Å²) < 4.78 is 9.22. The normalized spacial score (nSPS) is 11.3. The Labute approximate surface area is 89.0 Å². The predicted molar refractivity (Wildman–Crippen MR) is 51.6 cm³/mol. The molecule has 0 bridgehead atoms. The topological polar surface area (TPSA) is 76.4 Å². The zero-order valence-electron chi connectivity index (χ0n) is 8.99. The number of methoxy groups -OCH3 is 1. The van der Waals surface area contributed by atoms with E-state index in [0.717, 1.165) is 0 Å². The minimum atomic E-state index is -0.387. The first-order chi connectivity index (χ1) is 7.10. The van der Waals surface area contributed by atoms with Crippen molar-refractivity contribution in [3.05, 3.63) is 0 Å². The Hall–Kier alpha value is -1.57. The molecule has 0 aromatic heterocycles. The van der Waals surface area contributed by atoms with Crippen LogP contribution in [0.1, 0.15) is 26.2 Å². The molecular formula is C10H15NO4. The van der Waals surface area contributed by atoms with E-state index in [1.165, 1.54) is 7.11 Å². The van der Waals surface area contributed by atoms with Gasteiger partial charge in [0, 0.05) is 12.8 Å². The Morgan fingerprint density at radius 1 is 1.33 bits per heavy atom. The van der Waals surface area contributed by atoms with Gasteiger partial charge in [-0.3, -0.25) is 9.59 Å². The minimum absolute atomic E-state index is 0.105. The molecule has 1 unspecified atom stereocenters. The van der Waals surface area contributed by atoms with Gasteiger partial charge in [-0.1, -0.05) is 6.92 Å². The predicted octanol–water partition coefficient (Wildman–Crippen LogP) is 1.03. The fraction of sp³-hybridized carbons (Fsp3) is 0.700. The summed E-state index contributed by atoms with van der Waals surface area (Å²) in [4.78, 5) is 22.0. The zero-order chi connectivity index (χ0) is 11.7. The first-order valence-electron chi connectivity index (χ1n) is 4.69. The molecule has 0 radical (unpaired) electrons. The Morgan fingerprint density at radius 3 is 2.47 bits per heavy atom. The summed E-state index contributed by atoms with van der Waals surface area (Å²) >= 11 is 0. The Morgan fingerprint density at radius 2 is 1.93 bits per heavy atom. The molecule has 1 atom stereocenters. The third-order valence-corrected chi connectivity index (χ3v) is 1.73. The van der Waals surface area contributed by atoms with E-state index in [1.807, 2.05) is 6.07 Å². The zero-order valence-corrected chi connectivity index (χ0v) is 8.99. The summed E-state index contributed by atoms with van der Waals surface area (Å²) in [6.45, 7) is 1.88. The highest BCUT2D eigenvalue weighted by Gasteiger charge is 2.14. The largest absolute Gasteiger partial charge is 0.469 e. The molecule has 0 aromatic rings. The Balaban J connectivity index is 3.67. The van der Waals surface area contributed by atoms with Crippen LogP contribution in [0.25, 0.3) is 0 Å². The van der Waals surface area contributed by atoms with Crippen molar-refractivity contribution in [2.24, 2.45) is 5.92 Å². The fourth-order valence-corrected chi connectivity index (χ4v) is 0.994. The summed E-state index contributed by atoms with van der Waals surface area (Å²) in [7, 11) is 1.31. The lowest BCUT2D eigenvalue weighted by Crippen LogP contribution is -2.14. The number of nitrogens with zero attached hydrogens (tertiary/aromatic N) is 1. The smallest absolute Gasteiger partial charge is 0.306 e. The number of carbonyl (C=O) groups is 2. The van der Waals surface area contributed by atoms with E-state index in [4.69, 9.17) is 10.00 Å². The van der Waals surface area contributed by atoms with E-state index in [-0.39, 0.29) is 43.7 Å². The number of nitriles is 1. The summed E-state index contributed by atoms with van der Waals surface area (Å²) in [5, 5.41) is 8.21. The summed E-state index contributed by atoms with van der Waals surface area (Å²) in [5.41, 5.74) is 0. The second kappa shape index (κ2) is 7.80. The number of ether oxygens (including phenoxy) is 2. The highest BCUT2D eigenvalue weighted by molar-refractivity contribution is 5.73. The molecule has 5 nitrogen and oxygen atoms in total. The number of carbonyl (C=O) groups excluding carboxylic acids is 2. The van der Waals surface area contributed by atoms with Gasteiger partial charge in [-0.05, 0) is 5.92 Å². The van der Waals surface area contributed by atoms with Crippen molar-refractivity contribution in [1.29, 1.82) is 5.26 Å². The average molecular weight is 213 g/mol. The van der Waals surface area contributed by atoms with Crippen molar-refractivity contribution in [3.63, 3.8) is 0 Å². The Bertz CT molecular complexity index is 257. The lowest BCUT2D eigenvalue weighted by Gasteiger charge is -2.08. The van der Waals surface area contributed by atoms with E-state index in [2.05, 4.69) is 4.74 Å². The maximum absolute atomic E-state index is 11.1. The van der Waals surface area contributed by atoms with Crippen LogP contribution in [0.4, 0.5) is 0 Å². The molecule has 0 rings (SSSR count). The van der Waals surface area contributed by atoms with Crippen LogP contribution in [-0.2, 0) is 19.1 Å². The first-order valence-corrected chi connectivity index (χ1v) is 4.69. The van der Waals surface area contributed by atoms with E-state index in [9.17, 15) is 9.59 Å². The molecule has 0 amide bonds. The van der Waals surface area contributed by atoms with Crippen LogP contribution in [0.2, 0.25) is 0 Å². The van der Waals surface area contributed by atoms with Gasteiger partial charge in [-0.25, -0.2) is 0 Å². The number of hydrogen-bond donors (Lipinski definition) is 0. The van der Waals surface area contributed by atoms with Crippen LogP contribution < -0.4 is 0 Å². The van der Waals surface area contributed by atoms with Gasteiger partial charge in [-0.15, -0.1) is 0 Å². The highest BCUT2D eigenvalue weighted by atomic mass is 16.5. The molecule has 0 fully saturated rings. The third kappa shape index (κ3) is 7.50. The monoisotopic (exact) mass is 213 g/mol. The van der Waals surface area contributed by atoms with Gasteiger partial charge in [0.15, 0.2) is 0 Å². The third-order valence-electron chi connectivity index (χ3n) is 1.73. The van der Waals surface area contributed by atoms with Crippen LogP contribution in [0.5, 0.6) is 0 Å². The number of rotatable bonds is 6. The van der Waals surface area contributed by atoms with Crippen molar-refractivity contribution in [1.82, 2.24) is 0 Å². The second-order valence-electron chi connectivity index (χ2n) is 3.22. The van der Waals surface area contributed by atoms with Gasteiger partial charge >= 0.3 is 11.9 Å². The van der Waals surface area contributed by atoms with Crippen LogP contribution in [-0.4, -0.2) is 25.7 Å². The van der Waals surface area contributed by atoms with Crippen LogP contribution >= 0.6 is 0 Å². The summed E-state index contributed by atoms with van der Waals surface area (Å²) in [6.07, 6.45) is 0.557. The second-order valence-corrected chi connectivity index (χ2v) is 3.22. The number of hydrogen-bond acceptors (Lipinski definition) is 5. The molecule has 84 valence electrons. The van der Waals surface area contributed by atoms with E-state index in [0.29, 0.717) is 0 Å². The summed E-state index contributed by atoms with van der Waals surface area (Å²) in [6, 6.07) is 1.87. The molecule has 0 aliphatic heterocycles. The lowest BCUT2D eigenvalue weighted by molar-refractivity contribution is -0.145. The first kappa shape index (κ1) is 13.4. The molecule has 0 aromatic carbocycles. The van der Waals surface area contributed by atoms with Crippen molar-refractivity contribution >= 4 is 11.9 Å². The number of esters is 2. The molecule has 0 spiro atoms. The van der Waals surface area contributed by atoms with Crippen molar-refractivity contribution in [2.75, 3.05) is 13.7 Å². The van der Waals surface area contributed by atoms with Gasteiger partial charge in [0.2, 0.25) is 0 Å². The van der Waals surface area contributed by atoms with Gasteiger partial charge in [0.1, 0.15) is 6.61 Å². The fourth-order valence-electron chi connectivity index (χ4n) is 0.994. The minimum Gasteiger partial charge on any atom is -0.469 e. The molecular weight excluding hydrogens is 198 g/mol. The lowest BCUT2D eigenvalue weighted by atomic mass is 10.0. The average Bonchev–Trinajstić information content (AvgIpc) is 2.17. The molecule has 0 saturated heterocycles. The molecule has 15 heavy (non-hydrogen) atoms. The van der Waals surface area contributed by atoms with Crippen molar-refractivity contribution in [3.8, 4) is 6.07 Å². The van der Waals surface area contributed by atoms with Crippen LogP contribution in [0.15, 0.2) is 0 Å². The van der Waals surface area contributed by atoms with E-state index in [1.54, 1.807) is 6.92 Å². The Kier molecular flexibility index (Phi) is 6.98. The maximum atomic E-state index is 11.1. The van der Waals surface area contributed by atoms with Crippen LogP contribution in [0, 0.1) is 17.2 Å². The van der Waals surface area contributed by atoms with Crippen LogP contribution in [0.3, 0.4) is 0 Å². The maximum Gasteiger partial charge on any atom is 0.306 e. The van der Waals surface area contributed by atoms with E-state index >= 15 is 0 Å². The van der Waals surface area contributed by atoms with Crippen molar-refractivity contribution in [2.45, 2.75) is 26.2 Å². The quantitative estimate of drug-likeness (QED) is 0.486. The van der Waals surface area contributed by atoms with Crippen molar-refractivity contribution < 1.29 is 19.1 Å². The van der Waals surface area contributed by atoms with Gasteiger partial charge in [-0.2, -0.15) is 5.26 Å². The molecule has 0 saturated carbocycles. The molecule has 5 heteroatoms. The molecule has 0 aliphatic rings. The van der Waals surface area contributed by atoms with Gasteiger partial charge < -0.3 is 9.47 Å². The molecule has 0 N–H and O–H groups in total. The summed E-state index contributed by atoms with van der Waals surface area (Å²) in [5.74, 6) is -0.832.